The number of benzene rings is 1. The molecule has 1 aromatic carbocycles. The SMILES string of the molecule is C=C(CC)c1ccc2c(c1)C(C(CC)C1CCCCC1)CNCC(C1=C(CCC)C=C(Cl)CC1)CO2. The highest BCUT2D eigenvalue weighted by atomic mass is 35.5. The predicted octanol–water partition coefficient (Wildman–Crippen LogP) is 9.41. The van der Waals surface area contributed by atoms with Gasteiger partial charge in [0, 0.05) is 30.0 Å². The van der Waals surface area contributed by atoms with E-state index >= 15 is 0 Å². The molecule has 0 radical (unpaired) electrons. The predicted molar refractivity (Wildman–Crippen MR) is 156 cm³/mol. The van der Waals surface area contributed by atoms with Gasteiger partial charge in [-0.15, -0.1) is 0 Å². The van der Waals surface area contributed by atoms with E-state index in [1.54, 1.807) is 5.57 Å². The molecular weight excluding hydrogens is 462 g/mol. The highest BCUT2D eigenvalue weighted by Gasteiger charge is 2.33. The van der Waals surface area contributed by atoms with Crippen LogP contribution in [0.4, 0.5) is 0 Å². The van der Waals surface area contributed by atoms with Gasteiger partial charge in [0.2, 0.25) is 0 Å². The molecule has 3 aliphatic rings. The van der Waals surface area contributed by atoms with Gasteiger partial charge < -0.3 is 10.1 Å². The molecule has 1 N–H and O–H groups in total. The quantitative estimate of drug-likeness (QED) is 0.376. The van der Waals surface area contributed by atoms with Crippen LogP contribution in [0.3, 0.4) is 0 Å². The Morgan fingerprint density at radius 3 is 2.64 bits per heavy atom. The summed E-state index contributed by atoms with van der Waals surface area (Å²) in [5.74, 6) is 3.47. The Morgan fingerprint density at radius 2 is 1.92 bits per heavy atom. The molecule has 198 valence electrons. The second-order valence-corrected chi connectivity index (χ2v) is 11.8. The highest BCUT2D eigenvalue weighted by Crippen LogP contribution is 2.44. The first-order valence-electron chi connectivity index (χ1n) is 14.8. The average molecular weight is 510 g/mol. The highest BCUT2D eigenvalue weighted by molar-refractivity contribution is 6.29. The number of ether oxygens (including phenoxy) is 1. The Bertz CT molecular complexity index is 954. The fourth-order valence-corrected chi connectivity index (χ4v) is 7.24. The fourth-order valence-electron chi connectivity index (χ4n) is 7.02. The smallest absolute Gasteiger partial charge is 0.122 e. The largest absolute Gasteiger partial charge is 0.493 e. The summed E-state index contributed by atoms with van der Waals surface area (Å²) in [6.45, 7) is 14.0. The first-order valence-corrected chi connectivity index (χ1v) is 15.2. The number of hydrogen-bond acceptors (Lipinski definition) is 2. The number of nitrogens with one attached hydrogen (secondary N) is 1. The maximum Gasteiger partial charge on any atom is 0.122 e. The molecule has 3 heteroatoms. The van der Waals surface area contributed by atoms with Gasteiger partial charge >= 0.3 is 0 Å². The summed E-state index contributed by atoms with van der Waals surface area (Å²) in [7, 11) is 0. The van der Waals surface area contributed by atoms with Gasteiger partial charge in [0.1, 0.15) is 5.75 Å². The molecule has 0 spiro atoms. The van der Waals surface area contributed by atoms with Crippen molar-refractivity contribution in [3.63, 3.8) is 0 Å². The van der Waals surface area contributed by atoms with Gasteiger partial charge in [0.05, 0.1) is 6.61 Å². The molecule has 2 aliphatic carbocycles. The van der Waals surface area contributed by atoms with Crippen molar-refractivity contribution in [3.8, 4) is 5.75 Å². The van der Waals surface area contributed by atoms with Crippen LogP contribution < -0.4 is 10.1 Å². The summed E-state index contributed by atoms with van der Waals surface area (Å²) in [4.78, 5) is 0. The molecule has 0 bridgehead atoms. The third kappa shape index (κ3) is 6.48. The molecule has 3 unspecified atom stereocenters. The van der Waals surface area contributed by atoms with Crippen LogP contribution in [0.15, 0.2) is 47.0 Å². The fraction of sp³-hybridized carbons (Fsp3) is 0.636. The Labute approximate surface area is 225 Å². The summed E-state index contributed by atoms with van der Waals surface area (Å²) in [6, 6.07) is 6.90. The normalized spacial score (nSPS) is 24.6. The van der Waals surface area contributed by atoms with Crippen LogP contribution in [0.5, 0.6) is 5.75 Å². The number of rotatable bonds is 8. The van der Waals surface area contributed by atoms with E-state index in [0.29, 0.717) is 17.8 Å². The molecule has 1 aliphatic heterocycles. The minimum atomic E-state index is 0.388. The molecular formula is C33H48ClNO. The van der Waals surface area contributed by atoms with Crippen LogP contribution in [0.25, 0.3) is 5.57 Å². The Morgan fingerprint density at radius 1 is 1.11 bits per heavy atom. The molecule has 1 heterocycles. The van der Waals surface area contributed by atoms with Crippen molar-refractivity contribution < 1.29 is 4.74 Å². The third-order valence-corrected chi connectivity index (χ3v) is 9.37. The minimum Gasteiger partial charge on any atom is -0.493 e. The average Bonchev–Trinajstić information content (AvgIpc) is 2.99. The van der Waals surface area contributed by atoms with Gasteiger partial charge in [-0.1, -0.05) is 95.5 Å². The standard InChI is InChI=1S/C33H48ClNO/c1-5-11-26-18-28(34)15-16-30(26)27-20-35-21-32(29(7-3)24-12-9-8-10-13-24)31-19-25(23(4)6-2)14-17-33(31)36-22-27/h14,17-19,24,27,29,32,35H,4-13,15-16,20-22H2,1-3H3. The van der Waals surface area contributed by atoms with Crippen LogP contribution >= 0.6 is 11.6 Å². The van der Waals surface area contributed by atoms with Crippen LogP contribution in [-0.2, 0) is 0 Å². The summed E-state index contributed by atoms with van der Waals surface area (Å²) in [5.41, 5.74) is 6.90. The zero-order valence-electron chi connectivity index (χ0n) is 23.0. The Hall–Kier alpha value is -1.51. The lowest BCUT2D eigenvalue weighted by atomic mass is 9.70. The van der Waals surface area contributed by atoms with Gasteiger partial charge in [0.15, 0.2) is 0 Å². The monoisotopic (exact) mass is 509 g/mol. The summed E-state index contributed by atoms with van der Waals surface area (Å²) >= 11 is 6.47. The molecule has 0 amide bonds. The molecule has 36 heavy (non-hydrogen) atoms. The van der Waals surface area contributed by atoms with E-state index < -0.39 is 0 Å². The van der Waals surface area contributed by atoms with Gasteiger partial charge in [-0.2, -0.15) is 0 Å². The molecule has 2 nitrogen and oxygen atoms in total. The molecule has 4 rings (SSSR count). The van der Waals surface area contributed by atoms with E-state index in [0.717, 1.165) is 68.5 Å². The first-order chi connectivity index (χ1) is 17.5. The maximum atomic E-state index is 6.75. The summed E-state index contributed by atoms with van der Waals surface area (Å²) < 4.78 is 6.75. The summed E-state index contributed by atoms with van der Waals surface area (Å²) in [5, 5.41) is 4.97. The van der Waals surface area contributed by atoms with E-state index in [1.165, 1.54) is 60.8 Å². The third-order valence-electron chi connectivity index (χ3n) is 9.07. The van der Waals surface area contributed by atoms with Crippen LogP contribution in [-0.4, -0.2) is 19.7 Å². The van der Waals surface area contributed by atoms with Gasteiger partial charge in [-0.05, 0) is 78.0 Å². The molecule has 3 atom stereocenters. The lowest BCUT2D eigenvalue weighted by Crippen LogP contribution is -2.34. The zero-order valence-corrected chi connectivity index (χ0v) is 23.8. The van der Waals surface area contributed by atoms with Crippen LogP contribution in [0.1, 0.15) is 108 Å². The molecule has 0 aromatic heterocycles. The second kappa shape index (κ2) is 13.3. The van der Waals surface area contributed by atoms with E-state index in [9.17, 15) is 0 Å². The lowest BCUT2D eigenvalue weighted by molar-refractivity contribution is 0.204. The summed E-state index contributed by atoms with van der Waals surface area (Å²) in [6.07, 6.45) is 15.7. The topological polar surface area (TPSA) is 21.3 Å². The first kappa shape index (κ1) is 27.5. The number of allylic oxidation sites excluding steroid dienone is 4. The van der Waals surface area contributed by atoms with Crippen molar-refractivity contribution in [1.29, 1.82) is 0 Å². The van der Waals surface area contributed by atoms with Crippen LogP contribution in [0.2, 0.25) is 0 Å². The Balaban J connectivity index is 1.69. The Kier molecular flexibility index (Phi) is 10.2. The number of hydrogen-bond donors (Lipinski definition) is 1. The van der Waals surface area contributed by atoms with Crippen molar-refractivity contribution in [1.82, 2.24) is 5.32 Å². The molecule has 1 fully saturated rings. The lowest BCUT2D eigenvalue weighted by Gasteiger charge is -2.36. The number of fused-ring (bicyclic) bond motifs is 1. The van der Waals surface area contributed by atoms with E-state index in [2.05, 4.69) is 56.9 Å². The zero-order chi connectivity index (χ0) is 25.5. The maximum absolute atomic E-state index is 6.75. The van der Waals surface area contributed by atoms with Gasteiger partial charge in [-0.25, -0.2) is 0 Å². The van der Waals surface area contributed by atoms with E-state index in [-0.39, 0.29) is 0 Å². The van der Waals surface area contributed by atoms with Crippen molar-refractivity contribution in [3.05, 3.63) is 58.2 Å². The molecule has 1 saturated carbocycles. The number of halogens is 1. The second-order valence-electron chi connectivity index (χ2n) is 11.3. The van der Waals surface area contributed by atoms with Crippen LogP contribution in [0, 0.1) is 17.8 Å². The van der Waals surface area contributed by atoms with E-state index in [1.807, 2.05) is 0 Å². The van der Waals surface area contributed by atoms with Gasteiger partial charge in [0.25, 0.3) is 0 Å². The molecule has 0 saturated heterocycles. The van der Waals surface area contributed by atoms with Crippen molar-refractivity contribution in [2.75, 3.05) is 19.7 Å². The van der Waals surface area contributed by atoms with E-state index in [4.69, 9.17) is 16.3 Å². The van der Waals surface area contributed by atoms with Crippen molar-refractivity contribution in [2.45, 2.75) is 97.3 Å². The van der Waals surface area contributed by atoms with Gasteiger partial charge in [-0.3, -0.25) is 0 Å². The van der Waals surface area contributed by atoms with Crippen molar-refractivity contribution >= 4 is 17.2 Å². The molecule has 1 aromatic rings. The minimum absolute atomic E-state index is 0.388. The van der Waals surface area contributed by atoms with Crippen molar-refractivity contribution in [2.24, 2.45) is 17.8 Å².